The van der Waals surface area contributed by atoms with Gasteiger partial charge in [0.25, 0.3) is 0 Å². The Labute approximate surface area is 134 Å². The molecule has 0 spiro atoms. The highest BCUT2D eigenvalue weighted by Gasteiger charge is 2.49. The van der Waals surface area contributed by atoms with Gasteiger partial charge in [0.05, 0.1) is 11.9 Å². The lowest BCUT2D eigenvalue weighted by Gasteiger charge is -2.36. The summed E-state index contributed by atoms with van der Waals surface area (Å²) in [5.74, 6) is -0.392. The van der Waals surface area contributed by atoms with Gasteiger partial charge in [-0.3, -0.25) is 19.7 Å². The second kappa shape index (κ2) is 6.42. The number of halogens is 1. The van der Waals surface area contributed by atoms with Crippen LogP contribution in [0, 0.1) is 5.82 Å². The van der Waals surface area contributed by atoms with Crippen LogP contribution in [0.1, 0.15) is 24.1 Å². The van der Waals surface area contributed by atoms with Gasteiger partial charge in [-0.25, -0.2) is 4.39 Å². The van der Waals surface area contributed by atoms with Crippen molar-refractivity contribution in [1.29, 1.82) is 0 Å². The molecule has 1 aromatic heterocycles. The van der Waals surface area contributed by atoms with E-state index in [1.54, 1.807) is 43.8 Å². The van der Waals surface area contributed by atoms with Crippen molar-refractivity contribution in [3.8, 4) is 0 Å². The lowest BCUT2D eigenvalue weighted by atomic mass is 9.90. The Morgan fingerprint density at radius 1 is 1.39 bits per heavy atom. The summed E-state index contributed by atoms with van der Waals surface area (Å²) in [5, 5.41) is 2.73. The highest BCUT2D eigenvalue weighted by atomic mass is 19.1. The quantitative estimate of drug-likeness (QED) is 0.936. The molecule has 1 aliphatic rings. The molecule has 0 saturated carbocycles. The van der Waals surface area contributed by atoms with Crippen LogP contribution in [0.4, 0.5) is 4.39 Å². The van der Waals surface area contributed by atoms with Gasteiger partial charge in [0.15, 0.2) is 0 Å². The van der Waals surface area contributed by atoms with E-state index in [4.69, 9.17) is 0 Å². The van der Waals surface area contributed by atoms with E-state index < -0.39 is 5.54 Å². The average molecular weight is 314 g/mol. The number of rotatable bonds is 4. The second-order valence-corrected chi connectivity index (χ2v) is 5.65. The van der Waals surface area contributed by atoms with E-state index in [1.165, 1.54) is 6.07 Å². The molecule has 120 valence electrons. The van der Waals surface area contributed by atoms with Crippen LogP contribution in [0.15, 0.2) is 42.9 Å². The van der Waals surface area contributed by atoms with E-state index in [0.29, 0.717) is 30.8 Å². The summed E-state index contributed by atoms with van der Waals surface area (Å²) in [7, 11) is 1.61. The van der Waals surface area contributed by atoms with Gasteiger partial charge >= 0.3 is 0 Å². The Morgan fingerprint density at radius 2 is 2.22 bits per heavy atom. The molecule has 2 heterocycles. The summed E-state index contributed by atoms with van der Waals surface area (Å²) >= 11 is 0. The zero-order valence-corrected chi connectivity index (χ0v) is 13.0. The van der Waals surface area contributed by atoms with Gasteiger partial charge < -0.3 is 5.32 Å². The van der Waals surface area contributed by atoms with E-state index in [9.17, 15) is 9.18 Å². The summed E-state index contributed by atoms with van der Waals surface area (Å²) in [6, 6.07) is 6.66. The molecule has 1 N–H and O–H groups in total. The minimum atomic E-state index is -0.898. The van der Waals surface area contributed by atoms with Crippen molar-refractivity contribution in [2.45, 2.75) is 24.9 Å². The molecule has 2 aromatic rings. The monoisotopic (exact) mass is 314 g/mol. The van der Waals surface area contributed by atoms with E-state index >= 15 is 0 Å². The van der Waals surface area contributed by atoms with Crippen LogP contribution >= 0.6 is 0 Å². The Balaban J connectivity index is 2.01. The van der Waals surface area contributed by atoms with E-state index in [0.717, 1.165) is 6.42 Å². The molecule has 23 heavy (non-hydrogen) atoms. The number of nitrogens with one attached hydrogen (secondary N) is 1. The Kier molecular flexibility index (Phi) is 4.34. The maximum atomic E-state index is 14.0. The number of carbonyl (C=O) groups excluding carboxylic acids is 1. The first-order valence-corrected chi connectivity index (χ1v) is 7.65. The first-order chi connectivity index (χ1) is 11.2. The molecule has 0 unspecified atom stereocenters. The number of nitrogens with zero attached hydrogens (tertiary/aromatic N) is 3. The Hall–Kier alpha value is -2.34. The number of likely N-dealkylation sites (N-methyl/N-ethyl adjacent to an activating group) is 1. The SMILES string of the molecule is CNC(=O)[C@@]1(c2cnccn2)CCCN1Cc1ccccc1F. The van der Waals surface area contributed by atoms with Gasteiger partial charge in [-0.15, -0.1) is 0 Å². The second-order valence-electron chi connectivity index (χ2n) is 5.65. The largest absolute Gasteiger partial charge is 0.357 e. The fraction of sp³-hybridized carbons (Fsp3) is 0.353. The van der Waals surface area contributed by atoms with E-state index in [2.05, 4.69) is 15.3 Å². The van der Waals surface area contributed by atoms with Crippen LogP contribution in [0.5, 0.6) is 0 Å². The van der Waals surface area contributed by atoms with Crippen LogP contribution < -0.4 is 5.32 Å². The third-order valence-electron chi connectivity index (χ3n) is 4.42. The van der Waals surface area contributed by atoms with Gasteiger partial charge in [-0.1, -0.05) is 18.2 Å². The van der Waals surface area contributed by atoms with Crippen LogP contribution in [0.3, 0.4) is 0 Å². The third kappa shape index (κ3) is 2.70. The molecular formula is C17H19FN4O. The van der Waals surface area contributed by atoms with Crippen molar-refractivity contribution in [3.63, 3.8) is 0 Å². The minimum Gasteiger partial charge on any atom is -0.357 e. The van der Waals surface area contributed by atoms with Gasteiger partial charge in [0.1, 0.15) is 11.4 Å². The zero-order chi connectivity index (χ0) is 16.3. The van der Waals surface area contributed by atoms with Crippen molar-refractivity contribution >= 4 is 5.91 Å². The van der Waals surface area contributed by atoms with Crippen LogP contribution in [-0.4, -0.2) is 34.4 Å². The summed E-state index contributed by atoms with van der Waals surface area (Å²) < 4.78 is 14.0. The fourth-order valence-electron chi connectivity index (χ4n) is 3.30. The molecule has 1 saturated heterocycles. The molecule has 0 aliphatic carbocycles. The fourth-order valence-corrected chi connectivity index (χ4v) is 3.30. The number of amides is 1. The molecule has 3 rings (SSSR count). The molecule has 1 amide bonds. The summed E-state index contributed by atoms with van der Waals surface area (Å²) in [4.78, 5) is 23.2. The Morgan fingerprint density at radius 3 is 2.91 bits per heavy atom. The van der Waals surface area contributed by atoms with Gasteiger partial charge in [0.2, 0.25) is 5.91 Å². The van der Waals surface area contributed by atoms with Gasteiger partial charge in [0, 0.05) is 31.5 Å². The molecule has 5 nitrogen and oxygen atoms in total. The van der Waals surface area contributed by atoms with E-state index in [1.807, 2.05) is 4.90 Å². The number of benzene rings is 1. The summed E-state index contributed by atoms with van der Waals surface area (Å²) in [6.07, 6.45) is 6.27. The van der Waals surface area contributed by atoms with Gasteiger partial charge in [-0.05, 0) is 25.5 Å². The first-order valence-electron chi connectivity index (χ1n) is 7.65. The molecule has 0 bridgehead atoms. The smallest absolute Gasteiger partial charge is 0.246 e. The topological polar surface area (TPSA) is 58.1 Å². The number of likely N-dealkylation sites (tertiary alicyclic amines) is 1. The van der Waals surface area contributed by atoms with E-state index in [-0.39, 0.29) is 11.7 Å². The van der Waals surface area contributed by atoms with Crippen molar-refractivity contribution in [1.82, 2.24) is 20.2 Å². The van der Waals surface area contributed by atoms with Crippen molar-refractivity contribution in [3.05, 3.63) is 59.9 Å². The maximum Gasteiger partial charge on any atom is 0.246 e. The minimum absolute atomic E-state index is 0.133. The molecule has 1 atom stereocenters. The van der Waals surface area contributed by atoms with Crippen molar-refractivity contribution in [2.24, 2.45) is 0 Å². The standard InChI is InChI=1S/C17H19FN4O/c1-19-16(23)17(15-11-20-8-9-21-15)7-4-10-22(17)12-13-5-2-3-6-14(13)18/h2-3,5-6,8-9,11H,4,7,10,12H2,1H3,(H,19,23)/t17-/m0/s1. The Bertz CT molecular complexity index is 694. The molecule has 1 aliphatic heterocycles. The maximum absolute atomic E-state index is 14.0. The third-order valence-corrected chi connectivity index (χ3v) is 4.42. The molecule has 0 radical (unpaired) electrons. The van der Waals surface area contributed by atoms with Crippen LogP contribution in [-0.2, 0) is 16.9 Å². The lowest BCUT2D eigenvalue weighted by molar-refractivity contribution is -0.132. The first kappa shape index (κ1) is 15.6. The van der Waals surface area contributed by atoms with Crippen LogP contribution in [0.25, 0.3) is 0 Å². The number of aromatic nitrogens is 2. The molecule has 1 fully saturated rings. The molecule has 1 aromatic carbocycles. The summed E-state index contributed by atoms with van der Waals surface area (Å²) in [5.41, 5.74) is 0.283. The van der Waals surface area contributed by atoms with Crippen LogP contribution in [0.2, 0.25) is 0 Å². The molecule has 6 heteroatoms. The zero-order valence-electron chi connectivity index (χ0n) is 13.0. The molecular weight excluding hydrogens is 295 g/mol. The van der Waals surface area contributed by atoms with Gasteiger partial charge in [-0.2, -0.15) is 0 Å². The van der Waals surface area contributed by atoms with Crippen molar-refractivity contribution in [2.75, 3.05) is 13.6 Å². The highest BCUT2D eigenvalue weighted by Crippen LogP contribution is 2.39. The normalized spacial score (nSPS) is 21.3. The predicted molar refractivity (Wildman–Crippen MR) is 83.8 cm³/mol. The summed E-state index contributed by atoms with van der Waals surface area (Å²) in [6.45, 7) is 1.06. The number of carbonyl (C=O) groups is 1. The lowest BCUT2D eigenvalue weighted by Crippen LogP contribution is -2.52. The number of hydrogen-bond acceptors (Lipinski definition) is 4. The highest BCUT2D eigenvalue weighted by molar-refractivity contribution is 5.87. The number of hydrogen-bond donors (Lipinski definition) is 1. The van der Waals surface area contributed by atoms with Crippen molar-refractivity contribution < 1.29 is 9.18 Å². The predicted octanol–water partition coefficient (Wildman–Crippen LogP) is 1.85. The average Bonchev–Trinajstić information content (AvgIpc) is 3.01.